The maximum atomic E-state index is 4.19. The van der Waals surface area contributed by atoms with E-state index in [1.807, 2.05) is 12.4 Å². The van der Waals surface area contributed by atoms with Crippen LogP contribution >= 0.6 is 0 Å². The van der Waals surface area contributed by atoms with Crippen LogP contribution in [0.25, 0.3) is 0 Å². The molecule has 0 aromatic carbocycles. The minimum absolute atomic E-state index is 0.887. The lowest BCUT2D eigenvalue weighted by Crippen LogP contribution is -2.36. The number of aryl methyl sites for hydroxylation is 1. The van der Waals surface area contributed by atoms with Crippen molar-refractivity contribution in [1.82, 2.24) is 14.8 Å². The van der Waals surface area contributed by atoms with Crippen molar-refractivity contribution < 1.29 is 0 Å². The van der Waals surface area contributed by atoms with Crippen LogP contribution in [0.1, 0.15) is 43.2 Å². The molecule has 2 aliphatic rings. The van der Waals surface area contributed by atoms with E-state index in [1.54, 1.807) is 0 Å². The molecule has 0 atom stereocenters. The summed E-state index contributed by atoms with van der Waals surface area (Å²) in [5, 5.41) is 0. The smallest absolute Gasteiger partial charge is 0.0300 e. The summed E-state index contributed by atoms with van der Waals surface area (Å²) in [4.78, 5) is 9.57. The van der Waals surface area contributed by atoms with Crippen molar-refractivity contribution in [2.45, 2.75) is 51.6 Å². The van der Waals surface area contributed by atoms with Gasteiger partial charge < -0.3 is 0 Å². The van der Waals surface area contributed by atoms with Gasteiger partial charge in [-0.1, -0.05) is 12.8 Å². The fourth-order valence-electron chi connectivity index (χ4n) is 3.70. The highest BCUT2D eigenvalue weighted by Crippen LogP contribution is 2.24. The predicted molar refractivity (Wildman–Crippen MR) is 82.7 cm³/mol. The molecule has 1 aliphatic carbocycles. The standard InChI is InChI=1S/C17H27N3/c1-15-13-18-8-7-16(15)14-19-9-4-10-20(12-11-19)17-5-2-3-6-17/h7-8,13,17H,2-6,9-12,14H2,1H3. The zero-order chi connectivity index (χ0) is 13.8. The van der Waals surface area contributed by atoms with Gasteiger partial charge in [0.05, 0.1) is 0 Å². The van der Waals surface area contributed by atoms with Gasteiger partial charge in [0.2, 0.25) is 0 Å². The van der Waals surface area contributed by atoms with Gasteiger partial charge in [0.1, 0.15) is 0 Å². The van der Waals surface area contributed by atoms with Gasteiger partial charge in [-0.3, -0.25) is 14.8 Å². The molecule has 1 saturated carbocycles. The second kappa shape index (κ2) is 6.68. The van der Waals surface area contributed by atoms with E-state index in [0.717, 1.165) is 12.6 Å². The lowest BCUT2D eigenvalue weighted by atomic mass is 10.1. The molecule has 1 aromatic rings. The molecule has 3 rings (SSSR count). The number of pyridine rings is 1. The lowest BCUT2D eigenvalue weighted by Gasteiger charge is -2.27. The van der Waals surface area contributed by atoms with E-state index >= 15 is 0 Å². The Labute approximate surface area is 123 Å². The maximum Gasteiger partial charge on any atom is 0.0300 e. The largest absolute Gasteiger partial charge is 0.299 e. The van der Waals surface area contributed by atoms with Crippen LogP contribution in [0.3, 0.4) is 0 Å². The summed E-state index contributed by atoms with van der Waals surface area (Å²) in [7, 11) is 0. The van der Waals surface area contributed by atoms with Gasteiger partial charge in [0, 0.05) is 38.1 Å². The molecule has 2 fully saturated rings. The van der Waals surface area contributed by atoms with Crippen LogP contribution in [-0.4, -0.2) is 47.0 Å². The normalized spacial score (nSPS) is 23.1. The Kier molecular flexibility index (Phi) is 4.69. The molecule has 0 spiro atoms. The first-order valence-corrected chi connectivity index (χ1v) is 8.19. The Morgan fingerprint density at radius 2 is 1.95 bits per heavy atom. The molecular weight excluding hydrogens is 246 g/mol. The molecule has 2 heterocycles. The first-order chi connectivity index (χ1) is 9.83. The van der Waals surface area contributed by atoms with Crippen LogP contribution in [0.2, 0.25) is 0 Å². The van der Waals surface area contributed by atoms with E-state index in [9.17, 15) is 0 Å². The number of hydrogen-bond donors (Lipinski definition) is 0. The lowest BCUT2D eigenvalue weighted by molar-refractivity contribution is 0.198. The monoisotopic (exact) mass is 273 g/mol. The third kappa shape index (κ3) is 3.39. The summed E-state index contributed by atoms with van der Waals surface area (Å²) in [6.07, 6.45) is 11.0. The summed E-state index contributed by atoms with van der Waals surface area (Å²) in [6, 6.07) is 3.06. The third-order valence-corrected chi connectivity index (χ3v) is 4.99. The predicted octanol–water partition coefficient (Wildman–Crippen LogP) is 2.84. The Morgan fingerprint density at radius 1 is 1.10 bits per heavy atom. The molecule has 0 radical (unpaired) electrons. The van der Waals surface area contributed by atoms with Crippen LogP contribution in [0.15, 0.2) is 18.5 Å². The van der Waals surface area contributed by atoms with Crippen LogP contribution < -0.4 is 0 Å². The van der Waals surface area contributed by atoms with Crippen molar-refractivity contribution in [2.24, 2.45) is 0 Å². The first-order valence-electron chi connectivity index (χ1n) is 8.19. The van der Waals surface area contributed by atoms with Gasteiger partial charge in [-0.15, -0.1) is 0 Å². The fraction of sp³-hybridized carbons (Fsp3) is 0.706. The Balaban J connectivity index is 1.56. The van der Waals surface area contributed by atoms with Crippen molar-refractivity contribution in [3.05, 3.63) is 29.6 Å². The highest BCUT2D eigenvalue weighted by atomic mass is 15.2. The molecule has 1 aromatic heterocycles. The molecule has 0 bridgehead atoms. The molecule has 0 amide bonds. The molecule has 0 unspecified atom stereocenters. The Bertz CT molecular complexity index is 426. The molecule has 1 saturated heterocycles. The van der Waals surface area contributed by atoms with E-state index in [1.165, 1.54) is 69.4 Å². The van der Waals surface area contributed by atoms with Gasteiger partial charge >= 0.3 is 0 Å². The summed E-state index contributed by atoms with van der Waals surface area (Å²) in [5.74, 6) is 0. The van der Waals surface area contributed by atoms with E-state index in [0.29, 0.717) is 0 Å². The van der Waals surface area contributed by atoms with Crippen LogP contribution in [0, 0.1) is 6.92 Å². The van der Waals surface area contributed by atoms with E-state index in [2.05, 4.69) is 27.8 Å². The van der Waals surface area contributed by atoms with Gasteiger partial charge in [-0.25, -0.2) is 0 Å². The first kappa shape index (κ1) is 14.0. The minimum atomic E-state index is 0.887. The minimum Gasteiger partial charge on any atom is -0.299 e. The Hall–Kier alpha value is -0.930. The highest BCUT2D eigenvalue weighted by molar-refractivity contribution is 5.21. The number of hydrogen-bond acceptors (Lipinski definition) is 3. The average molecular weight is 273 g/mol. The van der Waals surface area contributed by atoms with Crippen molar-refractivity contribution in [2.75, 3.05) is 26.2 Å². The molecule has 3 nitrogen and oxygen atoms in total. The van der Waals surface area contributed by atoms with E-state index < -0.39 is 0 Å². The SMILES string of the molecule is Cc1cnccc1CN1CCCN(C2CCCC2)CC1. The molecule has 20 heavy (non-hydrogen) atoms. The van der Waals surface area contributed by atoms with Crippen molar-refractivity contribution >= 4 is 0 Å². The molecule has 110 valence electrons. The summed E-state index contributed by atoms with van der Waals surface area (Å²) >= 11 is 0. The second-order valence-corrected chi connectivity index (χ2v) is 6.41. The van der Waals surface area contributed by atoms with Crippen molar-refractivity contribution in [1.29, 1.82) is 0 Å². The third-order valence-electron chi connectivity index (χ3n) is 4.99. The Morgan fingerprint density at radius 3 is 2.75 bits per heavy atom. The van der Waals surface area contributed by atoms with Gasteiger partial charge in [-0.2, -0.15) is 0 Å². The molecule has 3 heteroatoms. The van der Waals surface area contributed by atoms with E-state index in [-0.39, 0.29) is 0 Å². The highest BCUT2D eigenvalue weighted by Gasteiger charge is 2.24. The zero-order valence-electron chi connectivity index (χ0n) is 12.7. The fourth-order valence-corrected chi connectivity index (χ4v) is 3.70. The summed E-state index contributed by atoms with van der Waals surface area (Å²) < 4.78 is 0. The van der Waals surface area contributed by atoms with E-state index in [4.69, 9.17) is 0 Å². The number of aromatic nitrogens is 1. The zero-order valence-corrected chi connectivity index (χ0v) is 12.7. The topological polar surface area (TPSA) is 19.4 Å². The molecule has 1 aliphatic heterocycles. The van der Waals surface area contributed by atoms with Gasteiger partial charge in [-0.05, 0) is 56.5 Å². The quantitative estimate of drug-likeness (QED) is 0.844. The van der Waals surface area contributed by atoms with Gasteiger partial charge in [0.25, 0.3) is 0 Å². The van der Waals surface area contributed by atoms with Crippen LogP contribution in [0.5, 0.6) is 0 Å². The summed E-state index contributed by atoms with van der Waals surface area (Å²) in [5.41, 5.74) is 2.76. The van der Waals surface area contributed by atoms with Crippen molar-refractivity contribution in [3.63, 3.8) is 0 Å². The molecular formula is C17H27N3. The maximum absolute atomic E-state index is 4.19. The second-order valence-electron chi connectivity index (χ2n) is 6.41. The van der Waals surface area contributed by atoms with Crippen LogP contribution in [0.4, 0.5) is 0 Å². The van der Waals surface area contributed by atoms with Crippen molar-refractivity contribution in [3.8, 4) is 0 Å². The molecule has 0 N–H and O–H groups in total. The van der Waals surface area contributed by atoms with Crippen LogP contribution in [-0.2, 0) is 6.54 Å². The number of nitrogens with zero attached hydrogens (tertiary/aromatic N) is 3. The number of rotatable bonds is 3. The average Bonchev–Trinajstić information content (AvgIpc) is 2.89. The van der Waals surface area contributed by atoms with Gasteiger partial charge in [0.15, 0.2) is 0 Å². The summed E-state index contributed by atoms with van der Waals surface area (Å²) in [6.45, 7) is 8.28.